The molecule has 1 aromatic heterocycles. The standard InChI is InChI=1S/C45H63ClN4O8SSi/c1-11-60(12-2,13-3)58-40(34-22-25-37(46)39(28-34)50(59(10,53)54)43(52)57-45(7,8)9)31-48(30-32-18-15-14-16-19-32)26-27-55-35-23-24-36-38(29-35)49(42(51)56-44(4,5)6)47-41(36)33-20-17-21-33/h14-16,18-19,22-25,28-29,33,40H,11-13,17,20-21,26-27,30-31H2,1-10H3/t40-/m0/s1. The fourth-order valence-corrected chi connectivity index (χ4v) is 11.2. The molecule has 15 heteroatoms. The van der Waals surface area contributed by atoms with Gasteiger partial charge in [0.15, 0.2) is 8.32 Å². The van der Waals surface area contributed by atoms with Crippen LogP contribution in [0.3, 0.4) is 0 Å². The molecule has 1 atom stereocenters. The van der Waals surface area contributed by atoms with Crippen molar-refractivity contribution in [3.05, 3.63) is 88.6 Å². The second-order valence-electron chi connectivity index (χ2n) is 17.7. The molecule has 0 N–H and O–H groups in total. The molecule has 0 spiro atoms. The van der Waals surface area contributed by atoms with Gasteiger partial charge in [0, 0.05) is 37.0 Å². The first-order valence-corrected chi connectivity index (χ1v) is 25.8. The number of carbonyl (C=O) groups excluding carboxylic acids is 2. The monoisotopic (exact) mass is 882 g/mol. The Kier molecular flexibility index (Phi) is 15.2. The Morgan fingerprint density at radius 1 is 0.917 bits per heavy atom. The van der Waals surface area contributed by atoms with Gasteiger partial charge < -0.3 is 18.6 Å². The van der Waals surface area contributed by atoms with Gasteiger partial charge in [-0.1, -0.05) is 75.2 Å². The fraction of sp³-hybridized carbons (Fsp3) is 0.533. The molecule has 0 aliphatic heterocycles. The molecule has 1 amide bonds. The minimum absolute atomic E-state index is 0.00398. The molecule has 12 nitrogen and oxygen atoms in total. The zero-order valence-corrected chi connectivity index (χ0v) is 39.5. The Morgan fingerprint density at radius 3 is 2.13 bits per heavy atom. The highest BCUT2D eigenvalue weighted by atomic mass is 35.5. The third-order valence-electron chi connectivity index (χ3n) is 10.9. The Morgan fingerprint density at radius 2 is 1.57 bits per heavy atom. The number of aromatic nitrogens is 2. The van der Waals surface area contributed by atoms with Gasteiger partial charge in [0.1, 0.15) is 23.6 Å². The molecule has 0 radical (unpaired) electrons. The van der Waals surface area contributed by atoms with E-state index in [1.54, 1.807) is 32.9 Å². The van der Waals surface area contributed by atoms with Crippen molar-refractivity contribution in [2.45, 2.75) is 129 Å². The zero-order valence-electron chi connectivity index (χ0n) is 36.9. The van der Waals surface area contributed by atoms with Gasteiger partial charge in [-0.05, 0) is 108 Å². The summed E-state index contributed by atoms with van der Waals surface area (Å²) in [4.78, 5) is 29.1. The quantitative estimate of drug-likeness (QED) is 0.0945. The van der Waals surface area contributed by atoms with E-state index in [2.05, 4.69) is 37.8 Å². The molecular formula is C45H63ClN4O8SSi. The van der Waals surface area contributed by atoms with Crippen LogP contribution in [-0.2, 0) is 30.5 Å². The molecule has 0 unspecified atom stereocenters. The van der Waals surface area contributed by atoms with Crippen molar-refractivity contribution >= 4 is 58.7 Å². The van der Waals surface area contributed by atoms with Crippen LogP contribution in [0.4, 0.5) is 15.3 Å². The zero-order chi connectivity index (χ0) is 44.0. The predicted molar refractivity (Wildman–Crippen MR) is 241 cm³/mol. The molecule has 1 saturated carbocycles. The van der Waals surface area contributed by atoms with Crippen molar-refractivity contribution in [2.24, 2.45) is 0 Å². The normalized spacial score (nSPS) is 14.5. The third-order valence-corrected chi connectivity index (χ3v) is 16.8. The average Bonchev–Trinajstić information content (AvgIpc) is 3.50. The molecule has 1 fully saturated rings. The summed E-state index contributed by atoms with van der Waals surface area (Å²) in [5.41, 5.74) is 1.70. The highest BCUT2D eigenvalue weighted by Gasteiger charge is 2.36. The summed E-state index contributed by atoms with van der Waals surface area (Å²) in [7, 11) is -6.43. The van der Waals surface area contributed by atoms with Gasteiger partial charge >= 0.3 is 12.2 Å². The van der Waals surface area contributed by atoms with Crippen LogP contribution in [0.5, 0.6) is 5.75 Å². The van der Waals surface area contributed by atoms with Crippen LogP contribution in [0.1, 0.15) is 110 Å². The molecule has 1 heterocycles. The van der Waals surface area contributed by atoms with E-state index in [0.717, 1.165) is 60.3 Å². The van der Waals surface area contributed by atoms with Crippen LogP contribution in [0, 0.1) is 0 Å². The number of halogens is 1. The number of hydrogen-bond donors (Lipinski definition) is 0. The van der Waals surface area contributed by atoms with Gasteiger partial charge in [0.25, 0.3) is 0 Å². The second-order valence-corrected chi connectivity index (χ2v) is 24.7. The molecule has 0 bridgehead atoms. The van der Waals surface area contributed by atoms with Crippen LogP contribution < -0.4 is 9.04 Å². The summed E-state index contributed by atoms with van der Waals surface area (Å²) < 4.78 is 53.3. The maximum atomic E-state index is 13.4. The van der Waals surface area contributed by atoms with E-state index in [0.29, 0.717) is 53.3 Å². The highest BCUT2D eigenvalue weighted by Crippen LogP contribution is 2.40. The lowest BCUT2D eigenvalue weighted by Gasteiger charge is -2.36. The summed E-state index contributed by atoms with van der Waals surface area (Å²) >= 11 is 6.69. The molecule has 3 aromatic carbocycles. The summed E-state index contributed by atoms with van der Waals surface area (Å²) in [6.07, 6.45) is 2.08. The first kappa shape index (κ1) is 47.1. The molecule has 0 saturated heterocycles. The molecule has 5 rings (SSSR count). The largest absolute Gasteiger partial charge is 0.492 e. The topological polar surface area (TPSA) is 130 Å². The van der Waals surface area contributed by atoms with Crippen LogP contribution in [0.25, 0.3) is 10.9 Å². The van der Waals surface area contributed by atoms with Gasteiger partial charge in [-0.25, -0.2) is 18.0 Å². The third kappa shape index (κ3) is 12.1. The van der Waals surface area contributed by atoms with Crippen LogP contribution >= 0.6 is 11.6 Å². The molecule has 1 aliphatic rings. The number of rotatable bonds is 17. The van der Waals surface area contributed by atoms with Crippen molar-refractivity contribution in [1.29, 1.82) is 0 Å². The van der Waals surface area contributed by atoms with Crippen LogP contribution in [0.15, 0.2) is 66.7 Å². The lowest BCUT2D eigenvalue weighted by Crippen LogP contribution is -2.42. The number of anilines is 1. The van der Waals surface area contributed by atoms with E-state index in [9.17, 15) is 18.0 Å². The summed E-state index contributed by atoms with van der Waals surface area (Å²) in [5, 5.41) is 5.76. The van der Waals surface area contributed by atoms with E-state index in [4.69, 9.17) is 35.3 Å². The van der Waals surface area contributed by atoms with Gasteiger partial charge in [-0.15, -0.1) is 0 Å². The van der Waals surface area contributed by atoms with E-state index in [1.165, 1.54) is 4.68 Å². The first-order chi connectivity index (χ1) is 28.2. The SMILES string of the molecule is CC[Si](CC)(CC)O[C@@H](CN(CCOc1ccc2c(C3CCC3)nn(C(=O)OC(C)(C)C)c2c1)Cc1ccccc1)c1ccc(Cl)c(N(C(=O)OC(C)(C)C)S(C)(=O)=O)c1. The molecule has 1 aliphatic carbocycles. The summed E-state index contributed by atoms with van der Waals surface area (Å²) in [6.45, 7) is 18.8. The van der Waals surface area contributed by atoms with Gasteiger partial charge in [0.05, 0.1) is 34.3 Å². The predicted octanol–water partition coefficient (Wildman–Crippen LogP) is 11.1. The number of fused-ring (bicyclic) bond motifs is 1. The Balaban J connectivity index is 1.49. The molecule has 4 aromatic rings. The number of carbonyl (C=O) groups is 2. The van der Waals surface area contributed by atoms with E-state index < -0.39 is 47.8 Å². The molecule has 60 heavy (non-hydrogen) atoms. The maximum Gasteiger partial charge on any atom is 0.435 e. The van der Waals surface area contributed by atoms with Gasteiger partial charge in [0.2, 0.25) is 10.0 Å². The summed E-state index contributed by atoms with van der Waals surface area (Å²) in [5.74, 6) is 0.905. The van der Waals surface area contributed by atoms with Crippen LogP contribution in [0.2, 0.25) is 23.2 Å². The van der Waals surface area contributed by atoms with Crippen molar-refractivity contribution in [3.8, 4) is 5.75 Å². The first-order valence-electron chi connectivity index (χ1n) is 21.0. The van der Waals surface area contributed by atoms with Crippen LogP contribution in [-0.4, -0.2) is 80.8 Å². The number of benzene rings is 3. The highest BCUT2D eigenvalue weighted by molar-refractivity contribution is 7.92. The number of sulfonamides is 1. The number of nitrogens with zero attached hydrogens (tertiary/aromatic N) is 4. The van der Waals surface area contributed by atoms with Gasteiger partial charge in [-0.3, -0.25) is 4.90 Å². The minimum Gasteiger partial charge on any atom is -0.492 e. The Labute approximate surface area is 362 Å². The van der Waals surface area contributed by atoms with E-state index >= 15 is 0 Å². The maximum absolute atomic E-state index is 13.4. The minimum atomic E-state index is -4.15. The average molecular weight is 884 g/mol. The lowest BCUT2D eigenvalue weighted by atomic mass is 9.82. The van der Waals surface area contributed by atoms with Crippen molar-refractivity contribution in [3.63, 3.8) is 0 Å². The number of ether oxygens (including phenoxy) is 3. The second kappa shape index (κ2) is 19.4. The smallest absolute Gasteiger partial charge is 0.435 e. The van der Waals surface area contributed by atoms with Crippen molar-refractivity contribution < 1.29 is 36.6 Å². The van der Waals surface area contributed by atoms with Gasteiger partial charge in [-0.2, -0.15) is 14.1 Å². The Bertz CT molecular complexity index is 2210. The summed E-state index contributed by atoms with van der Waals surface area (Å²) in [6, 6.07) is 23.6. The van der Waals surface area contributed by atoms with E-state index in [1.807, 2.05) is 63.2 Å². The molecule has 328 valence electrons. The molecular weight excluding hydrogens is 820 g/mol. The number of hydrogen-bond acceptors (Lipinski definition) is 10. The van der Waals surface area contributed by atoms with E-state index in [-0.39, 0.29) is 10.7 Å². The van der Waals surface area contributed by atoms with Crippen molar-refractivity contribution in [1.82, 2.24) is 14.7 Å². The van der Waals surface area contributed by atoms with Crippen molar-refractivity contribution in [2.75, 3.05) is 30.3 Å². The Hall–Kier alpha value is -3.95. The fourth-order valence-electron chi connectivity index (χ4n) is 7.35. The number of amides is 1. The lowest BCUT2D eigenvalue weighted by molar-refractivity contribution is 0.0519.